The Morgan fingerprint density at radius 1 is 1.32 bits per heavy atom. The van der Waals surface area contributed by atoms with Crippen molar-refractivity contribution in [1.82, 2.24) is 4.98 Å². The summed E-state index contributed by atoms with van der Waals surface area (Å²) in [5.74, 6) is 0.259. The lowest BCUT2D eigenvalue weighted by molar-refractivity contribution is 0.415. The molecular formula is C14H14ClFN2O. The van der Waals surface area contributed by atoms with Crippen LogP contribution in [0.1, 0.15) is 18.7 Å². The molecule has 0 spiro atoms. The maximum absolute atomic E-state index is 12.8. The van der Waals surface area contributed by atoms with Gasteiger partial charge in [-0.05, 0) is 31.2 Å². The number of pyridine rings is 1. The summed E-state index contributed by atoms with van der Waals surface area (Å²) in [6, 6.07) is 8.41. The number of nitrogens with one attached hydrogen (secondary N) is 1. The molecule has 1 atom stereocenters. The number of rotatable bonds is 4. The van der Waals surface area contributed by atoms with Gasteiger partial charge in [-0.1, -0.05) is 11.6 Å². The van der Waals surface area contributed by atoms with E-state index in [0.717, 1.165) is 11.4 Å². The molecule has 1 heterocycles. The summed E-state index contributed by atoms with van der Waals surface area (Å²) in [7, 11) is 1.57. The predicted octanol–water partition coefficient (Wildman–Crippen LogP) is 4.06. The fourth-order valence-corrected chi connectivity index (χ4v) is 1.91. The fourth-order valence-electron chi connectivity index (χ4n) is 1.72. The van der Waals surface area contributed by atoms with Crippen LogP contribution in [0, 0.1) is 5.82 Å². The summed E-state index contributed by atoms with van der Waals surface area (Å²) >= 11 is 5.96. The maximum atomic E-state index is 12.8. The van der Waals surface area contributed by atoms with Crippen molar-refractivity contribution in [2.75, 3.05) is 12.4 Å². The molecule has 5 heteroatoms. The Morgan fingerprint density at radius 2 is 2.11 bits per heavy atom. The lowest BCUT2D eigenvalue weighted by atomic mass is 10.2. The van der Waals surface area contributed by atoms with E-state index < -0.39 is 0 Å². The summed E-state index contributed by atoms with van der Waals surface area (Å²) in [5.41, 5.74) is 1.62. The van der Waals surface area contributed by atoms with Crippen molar-refractivity contribution in [2.24, 2.45) is 0 Å². The van der Waals surface area contributed by atoms with Crippen LogP contribution in [0.4, 0.5) is 10.1 Å². The second-order valence-electron chi connectivity index (χ2n) is 4.12. The average Bonchev–Trinajstić information content (AvgIpc) is 2.41. The third-order valence-corrected chi connectivity index (χ3v) is 3.04. The molecule has 0 bridgehead atoms. The summed E-state index contributed by atoms with van der Waals surface area (Å²) < 4.78 is 18.0. The molecule has 0 saturated carbocycles. The van der Waals surface area contributed by atoms with E-state index in [9.17, 15) is 4.39 Å². The summed E-state index contributed by atoms with van der Waals surface area (Å²) in [5, 5.41) is 3.81. The molecule has 0 aliphatic rings. The zero-order valence-corrected chi connectivity index (χ0v) is 11.4. The second kappa shape index (κ2) is 5.89. The molecule has 19 heavy (non-hydrogen) atoms. The van der Waals surface area contributed by atoms with Crippen molar-refractivity contribution in [2.45, 2.75) is 13.0 Å². The van der Waals surface area contributed by atoms with Crippen LogP contribution >= 0.6 is 11.6 Å². The largest absolute Gasteiger partial charge is 0.495 e. The number of methoxy groups -OCH3 is 1. The average molecular weight is 281 g/mol. The SMILES string of the molecule is COc1cc(NC(C)c2ccc(F)cn2)ccc1Cl. The van der Waals surface area contributed by atoms with Crippen molar-refractivity contribution in [1.29, 1.82) is 0 Å². The normalized spacial score (nSPS) is 12.0. The minimum Gasteiger partial charge on any atom is -0.495 e. The zero-order chi connectivity index (χ0) is 13.8. The molecule has 0 aliphatic heterocycles. The molecule has 1 aromatic heterocycles. The van der Waals surface area contributed by atoms with Gasteiger partial charge < -0.3 is 10.1 Å². The van der Waals surface area contributed by atoms with E-state index in [1.807, 2.05) is 19.1 Å². The lowest BCUT2D eigenvalue weighted by Gasteiger charge is -2.15. The monoisotopic (exact) mass is 280 g/mol. The highest BCUT2D eigenvalue weighted by Gasteiger charge is 2.08. The van der Waals surface area contributed by atoms with Crippen LogP contribution in [0.2, 0.25) is 5.02 Å². The molecule has 3 nitrogen and oxygen atoms in total. The van der Waals surface area contributed by atoms with E-state index in [0.29, 0.717) is 10.8 Å². The van der Waals surface area contributed by atoms with Crippen molar-refractivity contribution >= 4 is 17.3 Å². The van der Waals surface area contributed by atoms with Crippen molar-refractivity contribution in [3.8, 4) is 5.75 Å². The Bertz CT molecular complexity index is 560. The molecule has 0 amide bonds. The van der Waals surface area contributed by atoms with Crippen LogP contribution in [0.3, 0.4) is 0 Å². The van der Waals surface area contributed by atoms with Gasteiger partial charge in [-0.2, -0.15) is 0 Å². The van der Waals surface area contributed by atoms with Crippen molar-refractivity contribution in [3.63, 3.8) is 0 Å². The number of halogens is 2. The first-order valence-electron chi connectivity index (χ1n) is 5.81. The first-order valence-corrected chi connectivity index (χ1v) is 6.19. The first kappa shape index (κ1) is 13.6. The number of benzene rings is 1. The van der Waals surface area contributed by atoms with Gasteiger partial charge in [0.1, 0.15) is 11.6 Å². The van der Waals surface area contributed by atoms with E-state index >= 15 is 0 Å². The number of aromatic nitrogens is 1. The molecule has 0 fully saturated rings. The zero-order valence-electron chi connectivity index (χ0n) is 10.7. The fraction of sp³-hybridized carbons (Fsp3) is 0.214. The Labute approximate surface area is 116 Å². The van der Waals surface area contributed by atoms with Crippen LogP contribution in [0.15, 0.2) is 36.5 Å². The van der Waals surface area contributed by atoms with Crippen molar-refractivity contribution in [3.05, 3.63) is 53.1 Å². The van der Waals surface area contributed by atoms with E-state index in [2.05, 4.69) is 10.3 Å². The van der Waals surface area contributed by atoms with Gasteiger partial charge in [0.15, 0.2) is 0 Å². The molecule has 1 aromatic carbocycles. The van der Waals surface area contributed by atoms with Gasteiger partial charge in [-0.15, -0.1) is 0 Å². The summed E-state index contributed by atoms with van der Waals surface area (Å²) in [6.07, 6.45) is 1.20. The number of ether oxygens (including phenoxy) is 1. The van der Waals surface area contributed by atoms with E-state index in [1.54, 1.807) is 19.2 Å². The third kappa shape index (κ3) is 3.35. The maximum Gasteiger partial charge on any atom is 0.141 e. The first-order chi connectivity index (χ1) is 9.10. The van der Waals surface area contributed by atoms with Crippen LogP contribution in [-0.2, 0) is 0 Å². The van der Waals surface area contributed by atoms with Gasteiger partial charge in [0.05, 0.1) is 30.1 Å². The quantitative estimate of drug-likeness (QED) is 0.917. The van der Waals surface area contributed by atoms with E-state index in [1.165, 1.54) is 12.3 Å². The van der Waals surface area contributed by atoms with E-state index in [-0.39, 0.29) is 11.9 Å². The number of hydrogen-bond donors (Lipinski definition) is 1. The Morgan fingerprint density at radius 3 is 2.74 bits per heavy atom. The highest BCUT2D eigenvalue weighted by molar-refractivity contribution is 6.32. The number of nitrogens with zero attached hydrogens (tertiary/aromatic N) is 1. The van der Waals surface area contributed by atoms with Gasteiger partial charge in [0, 0.05) is 11.8 Å². The van der Waals surface area contributed by atoms with Gasteiger partial charge >= 0.3 is 0 Å². The molecule has 0 aliphatic carbocycles. The van der Waals surface area contributed by atoms with Gasteiger partial charge in [0.2, 0.25) is 0 Å². The third-order valence-electron chi connectivity index (χ3n) is 2.73. The van der Waals surface area contributed by atoms with Gasteiger partial charge in [-0.25, -0.2) is 4.39 Å². The van der Waals surface area contributed by atoms with Crippen LogP contribution < -0.4 is 10.1 Å². The van der Waals surface area contributed by atoms with Crippen LogP contribution in [-0.4, -0.2) is 12.1 Å². The predicted molar refractivity (Wildman–Crippen MR) is 74.2 cm³/mol. The van der Waals surface area contributed by atoms with Gasteiger partial charge in [-0.3, -0.25) is 4.98 Å². The molecule has 0 radical (unpaired) electrons. The Hall–Kier alpha value is -1.81. The number of hydrogen-bond acceptors (Lipinski definition) is 3. The molecular weight excluding hydrogens is 267 g/mol. The topological polar surface area (TPSA) is 34.1 Å². The van der Waals surface area contributed by atoms with E-state index in [4.69, 9.17) is 16.3 Å². The molecule has 1 N–H and O–H groups in total. The number of anilines is 1. The summed E-state index contributed by atoms with van der Waals surface area (Å²) in [4.78, 5) is 4.04. The molecule has 100 valence electrons. The summed E-state index contributed by atoms with van der Waals surface area (Å²) in [6.45, 7) is 1.95. The Kier molecular flexibility index (Phi) is 4.22. The highest BCUT2D eigenvalue weighted by Crippen LogP contribution is 2.29. The van der Waals surface area contributed by atoms with Gasteiger partial charge in [0.25, 0.3) is 0 Å². The Balaban J connectivity index is 2.14. The smallest absolute Gasteiger partial charge is 0.141 e. The molecule has 0 saturated heterocycles. The minimum absolute atomic E-state index is 0.0496. The molecule has 2 aromatic rings. The van der Waals surface area contributed by atoms with Crippen molar-refractivity contribution < 1.29 is 9.13 Å². The standard InChI is InChI=1S/C14H14ClFN2O/c1-9(13-6-3-10(16)8-17-13)18-11-4-5-12(15)14(7-11)19-2/h3-9,18H,1-2H3. The molecule has 2 rings (SSSR count). The highest BCUT2D eigenvalue weighted by atomic mass is 35.5. The van der Waals surface area contributed by atoms with Crippen LogP contribution in [0.25, 0.3) is 0 Å². The minimum atomic E-state index is -0.343. The lowest BCUT2D eigenvalue weighted by Crippen LogP contribution is -2.08. The molecule has 1 unspecified atom stereocenters. The van der Waals surface area contributed by atoms with Crippen LogP contribution in [0.5, 0.6) is 5.75 Å². The second-order valence-corrected chi connectivity index (χ2v) is 4.52.